The Morgan fingerprint density at radius 3 is 2.35 bits per heavy atom. The Morgan fingerprint density at radius 2 is 1.75 bits per heavy atom. The van der Waals surface area contributed by atoms with E-state index in [9.17, 15) is 28.2 Å². The highest BCUT2D eigenvalue weighted by atomic mass is 32.2. The number of carbonyl (C=O) groups excluding carboxylic acids is 5. The van der Waals surface area contributed by atoms with E-state index in [2.05, 4.69) is 10.1 Å². The predicted molar refractivity (Wildman–Crippen MR) is 189 cm³/mol. The van der Waals surface area contributed by atoms with Crippen LogP contribution in [0.1, 0.15) is 61.5 Å². The lowest BCUT2D eigenvalue weighted by Gasteiger charge is -2.56. The summed E-state index contributed by atoms with van der Waals surface area (Å²) in [6.45, 7) is 6.70. The summed E-state index contributed by atoms with van der Waals surface area (Å²) < 4.78 is 30.3. The van der Waals surface area contributed by atoms with E-state index in [0.29, 0.717) is 5.01 Å². The molecule has 15 heteroatoms. The summed E-state index contributed by atoms with van der Waals surface area (Å²) >= 11 is 1.25. The number of nitrogens with zero attached hydrogens (tertiary/aromatic N) is 3. The molecule has 1 aromatic heterocycles. The van der Waals surface area contributed by atoms with E-state index >= 15 is 0 Å². The second-order valence-corrected chi connectivity index (χ2v) is 15.5. The van der Waals surface area contributed by atoms with Gasteiger partial charge in [0.05, 0.1) is 23.3 Å². The first-order valence-corrected chi connectivity index (χ1v) is 18.9. The quantitative estimate of drug-likeness (QED) is 0.0615. The van der Waals surface area contributed by atoms with Crippen LogP contribution in [0.4, 0.5) is 0 Å². The number of aromatic nitrogens is 1. The van der Waals surface area contributed by atoms with E-state index in [1.165, 1.54) is 18.3 Å². The van der Waals surface area contributed by atoms with Gasteiger partial charge in [-0.05, 0) is 44.9 Å². The normalized spacial score (nSPS) is 24.2. The van der Waals surface area contributed by atoms with Crippen molar-refractivity contribution < 1.29 is 47.2 Å². The number of rotatable bonds is 13. The number of β-lactam (4-membered cyclic amide) rings is 1. The fourth-order valence-electron chi connectivity index (χ4n) is 6.39. The van der Waals surface area contributed by atoms with E-state index in [4.69, 9.17) is 19.0 Å². The lowest BCUT2D eigenvalue weighted by atomic mass is 9.84. The van der Waals surface area contributed by atoms with Crippen molar-refractivity contribution in [3.05, 3.63) is 99.5 Å². The Bertz CT molecular complexity index is 1920. The molecule has 6 rings (SSSR count). The molecule has 3 aliphatic heterocycles. The van der Waals surface area contributed by atoms with Crippen LogP contribution in [-0.2, 0) is 53.8 Å². The number of hydrogen-bond donors (Lipinski definition) is 0. The number of amides is 1. The maximum Gasteiger partial charge on any atom is 0.373 e. The molecule has 52 heavy (non-hydrogen) atoms. The number of ketones is 1. The number of allylic oxidation sites excluding steroid dienone is 1. The zero-order valence-electron chi connectivity index (χ0n) is 28.9. The number of Topliss-reactive ketones (excluding diaryl/α,β-unsaturated/α-hetero) is 1. The van der Waals surface area contributed by atoms with Crippen molar-refractivity contribution in [3.63, 3.8) is 0 Å². The van der Waals surface area contributed by atoms with Gasteiger partial charge in [-0.1, -0.05) is 71.4 Å². The van der Waals surface area contributed by atoms with Crippen LogP contribution in [0.25, 0.3) is 0 Å². The molecule has 2 aromatic carbocycles. The van der Waals surface area contributed by atoms with Crippen LogP contribution in [0.3, 0.4) is 0 Å². The summed E-state index contributed by atoms with van der Waals surface area (Å²) in [5, 5.41) is 5.17. The molecular formula is C37H37N3O10S2. The standard InChI is InChI=1S/C37H37N3O10S2/c1-21(2)15-16-47-36(45)37-26(17-30(42)49-37)20-52(46)34-27(33(43)40(34)37)18-29(41)31(28-19-51-23(4)38-28)39-50-22(3)35(44)48-32(24-11-7-5-8-12-24)25-13-9-6-10-14-25/h5-15,19,22,26-27,32,34H,16-18,20H2,1-4H3/b39-31-/t22-,26-,27+,34+,37+,52-/m0/s1. The summed E-state index contributed by atoms with van der Waals surface area (Å²) in [7, 11) is -1.73. The van der Waals surface area contributed by atoms with Crippen molar-refractivity contribution in [2.75, 3.05) is 12.4 Å². The van der Waals surface area contributed by atoms with Crippen LogP contribution in [0.15, 0.2) is 82.8 Å². The zero-order chi connectivity index (χ0) is 37.2. The fraction of sp³-hybridized carbons (Fsp3) is 0.378. The van der Waals surface area contributed by atoms with E-state index in [1.54, 1.807) is 18.4 Å². The second kappa shape index (κ2) is 15.3. The number of aryl methyl sites for hydroxylation is 1. The third kappa shape index (κ3) is 7.19. The maximum absolute atomic E-state index is 13.9. The highest BCUT2D eigenvalue weighted by Gasteiger charge is 2.73. The molecular weight excluding hydrogens is 711 g/mol. The number of fused-ring (bicyclic) bond motifs is 3. The van der Waals surface area contributed by atoms with E-state index < -0.39 is 82.0 Å². The molecule has 272 valence electrons. The van der Waals surface area contributed by atoms with Crippen LogP contribution in [0.2, 0.25) is 0 Å². The Kier molecular flexibility index (Phi) is 10.8. The Balaban J connectivity index is 1.20. The summed E-state index contributed by atoms with van der Waals surface area (Å²) in [6, 6.07) is 18.4. The highest BCUT2D eigenvalue weighted by molar-refractivity contribution is 7.85. The van der Waals surface area contributed by atoms with Gasteiger partial charge in [0, 0.05) is 28.4 Å². The first kappa shape index (κ1) is 36.8. The molecule has 0 aliphatic carbocycles. The molecule has 3 aromatic rings. The third-order valence-corrected chi connectivity index (χ3v) is 11.6. The molecule has 1 amide bonds. The summed E-state index contributed by atoms with van der Waals surface area (Å²) in [5.41, 5.74) is 0.219. The van der Waals surface area contributed by atoms with Crippen molar-refractivity contribution in [3.8, 4) is 0 Å². The van der Waals surface area contributed by atoms with E-state index in [0.717, 1.165) is 21.6 Å². The topological polar surface area (TPSA) is 168 Å². The summed E-state index contributed by atoms with van der Waals surface area (Å²) in [6.07, 6.45) is -1.00. The second-order valence-electron chi connectivity index (χ2n) is 12.9. The van der Waals surface area contributed by atoms with Crippen molar-refractivity contribution >= 4 is 57.4 Å². The van der Waals surface area contributed by atoms with Crippen molar-refractivity contribution in [1.29, 1.82) is 0 Å². The highest BCUT2D eigenvalue weighted by Crippen LogP contribution is 2.51. The number of carbonyl (C=O) groups is 5. The summed E-state index contributed by atoms with van der Waals surface area (Å²) in [4.78, 5) is 77.8. The number of thiazole rings is 1. The maximum atomic E-state index is 13.9. The lowest BCUT2D eigenvalue weighted by molar-refractivity contribution is -0.222. The average molecular weight is 748 g/mol. The smallest absolute Gasteiger partial charge is 0.373 e. The number of oxime groups is 1. The minimum absolute atomic E-state index is 0.107. The molecule has 0 radical (unpaired) electrons. The minimum atomic E-state index is -2.07. The monoisotopic (exact) mass is 747 g/mol. The lowest BCUT2D eigenvalue weighted by Crippen LogP contribution is -2.78. The van der Waals surface area contributed by atoms with Gasteiger partial charge < -0.3 is 19.0 Å². The molecule has 0 N–H and O–H groups in total. The molecule has 0 bridgehead atoms. The summed E-state index contributed by atoms with van der Waals surface area (Å²) in [5.74, 6) is -5.85. The molecule has 6 atom stereocenters. The number of hydrogen-bond acceptors (Lipinski definition) is 13. The molecule has 13 nitrogen and oxygen atoms in total. The van der Waals surface area contributed by atoms with Crippen LogP contribution < -0.4 is 0 Å². The zero-order valence-corrected chi connectivity index (χ0v) is 30.5. The van der Waals surface area contributed by atoms with Gasteiger partial charge in [0.25, 0.3) is 5.72 Å². The van der Waals surface area contributed by atoms with Gasteiger partial charge >= 0.3 is 17.9 Å². The third-order valence-electron chi connectivity index (χ3n) is 8.98. The molecule has 4 heterocycles. The first-order chi connectivity index (χ1) is 24.9. The van der Waals surface area contributed by atoms with Crippen LogP contribution in [-0.4, -0.2) is 79.0 Å². The largest absolute Gasteiger partial charge is 0.457 e. The SMILES string of the molecule is CC(C)=CCOC(=O)[C@]12OC(=O)C[C@H]1C[S@](=O)[C@@H]1[C@H](CC(=O)/C(=N\O[C@@H](C)C(=O)OC(c3ccccc3)c3ccccc3)c3csc(C)n3)C(=O)N12. The average Bonchev–Trinajstić information content (AvgIpc) is 3.70. The molecule has 3 fully saturated rings. The number of ether oxygens (including phenoxy) is 3. The minimum Gasteiger partial charge on any atom is -0.457 e. The van der Waals surface area contributed by atoms with Crippen LogP contribution >= 0.6 is 11.3 Å². The van der Waals surface area contributed by atoms with Gasteiger partial charge in [0.15, 0.2) is 17.6 Å². The van der Waals surface area contributed by atoms with Gasteiger partial charge in [0.1, 0.15) is 17.7 Å². The number of benzene rings is 2. The Morgan fingerprint density at radius 1 is 1.10 bits per heavy atom. The Labute approximate surface area is 306 Å². The van der Waals surface area contributed by atoms with Crippen LogP contribution in [0.5, 0.6) is 0 Å². The van der Waals surface area contributed by atoms with Gasteiger partial charge in [-0.15, -0.1) is 11.3 Å². The first-order valence-electron chi connectivity index (χ1n) is 16.6. The molecule has 0 unspecified atom stereocenters. The van der Waals surface area contributed by atoms with Gasteiger partial charge in [-0.3, -0.25) is 23.5 Å². The van der Waals surface area contributed by atoms with Crippen molar-refractivity contribution in [2.45, 2.75) is 63.8 Å². The van der Waals surface area contributed by atoms with Gasteiger partial charge in [-0.25, -0.2) is 14.6 Å². The molecule has 3 aliphatic rings. The van der Waals surface area contributed by atoms with Crippen molar-refractivity contribution in [1.82, 2.24) is 9.88 Å². The molecule has 3 saturated heterocycles. The Hall–Kier alpha value is -5.02. The number of esters is 3. The molecule has 0 saturated carbocycles. The van der Waals surface area contributed by atoms with Crippen molar-refractivity contribution in [2.24, 2.45) is 17.0 Å². The predicted octanol–water partition coefficient (Wildman–Crippen LogP) is 4.17. The fourth-order valence-corrected chi connectivity index (χ4v) is 9.00. The van der Waals surface area contributed by atoms with Gasteiger partial charge in [-0.2, -0.15) is 0 Å². The van der Waals surface area contributed by atoms with E-state index in [-0.39, 0.29) is 30.2 Å². The van der Waals surface area contributed by atoms with Crippen LogP contribution in [0, 0.1) is 18.8 Å². The van der Waals surface area contributed by atoms with Gasteiger partial charge in [0.2, 0.25) is 12.0 Å². The van der Waals surface area contributed by atoms with E-state index in [1.807, 2.05) is 74.5 Å². The molecule has 0 spiro atoms.